The minimum atomic E-state index is 0.165. The molecule has 2 heterocycles. The van der Waals surface area contributed by atoms with E-state index < -0.39 is 0 Å². The largest absolute Gasteiger partial charge is 0.465 e. The summed E-state index contributed by atoms with van der Waals surface area (Å²) >= 11 is 0. The van der Waals surface area contributed by atoms with Crippen molar-refractivity contribution in [3.05, 3.63) is 23.7 Å². The summed E-state index contributed by atoms with van der Waals surface area (Å²) in [6.45, 7) is 10.7. The van der Waals surface area contributed by atoms with E-state index in [1.807, 2.05) is 13.0 Å². The molecule has 7 nitrogen and oxygen atoms in total. The Morgan fingerprint density at radius 2 is 2.00 bits per heavy atom. The van der Waals surface area contributed by atoms with Gasteiger partial charge in [0, 0.05) is 46.4 Å². The monoisotopic (exact) mass is 380 g/mol. The second-order valence-electron chi connectivity index (χ2n) is 6.81. The highest BCUT2D eigenvalue weighted by Crippen LogP contribution is 2.23. The molecule has 0 saturated carbocycles. The first-order valence-corrected chi connectivity index (χ1v) is 10.1. The molecule has 1 fully saturated rings. The van der Waals surface area contributed by atoms with Gasteiger partial charge in [-0.3, -0.25) is 9.89 Å². The fraction of sp³-hybridized carbons (Fsp3) is 0.750. The Balaban J connectivity index is 1.78. The van der Waals surface area contributed by atoms with Crippen molar-refractivity contribution in [3.63, 3.8) is 0 Å². The Morgan fingerprint density at radius 1 is 1.22 bits per heavy atom. The van der Waals surface area contributed by atoms with Crippen LogP contribution in [-0.4, -0.2) is 70.5 Å². The van der Waals surface area contributed by atoms with Gasteiger partial charge in [-0.05, 0) is 31.9 Å². The molecule has 1 aliphatic heterocycles. The van der Waals surface area contributed by atoms with Crippen LogP contribution in [0, 0.1) is 6.92 Å². The van der Waals surface area contributed by atoms with Crippen molar-refractivity contribution in [1.82, 2.24) is 15.5 Å². The normalized spacial score (nSPS) is 17.1. The molecule has 1 unspecified atom stereocenters. The third-order valence-electron chi connectivity index (χ3n) is 4.66. The number of morpholine rings is 1. The number of rotatable bonds is 11. The van der Waals surface area contributed by atoms with Gasteiger partial charge < -0.3 is 24.5 Å². The summed E-state index contributed by atoms with van der Waals surface area (Å²) in [5, 5.41) is 6.80. The number of furan rings is 1. The lowest BCUT2D eigenvalue weighted by Gasteiger charge is -2.33. The number of hydrogen-bond donors (Lipinski definition) is 2. The SMILES string of the molecule is CCCCOCCCNC(=NC)NCC(c1ccc(C)o1)N1CCOCC1. The van der Waals surface area contributed by atoms with Gasteiger partial charge in [0.15, 0.2) is 5.96 Å². The molecule has 1 aromatic rings. The smallest absolute Gasteiger partial charge is 0.191 e. The number of nitrogens with one attached hydrogen (secondary N) is 2. The first-order chi connectivity index (χ1) is 13.2. The van der Waals surface area contributed by atoms with Gasteiger partial charge in [0.2, 0.25) is 0 Å². The maximum Gasteiger partial charge on any atom is 0.191 e. The molecule has 0 amide bonds. The average molecular weight is 381 g/mol. The van der Waals surface area contributed by atoms with E-state index in [4.69, 9.17) is 13.9 Å². The van der Waals surface area contributed by atoms with Crippen molar-refractivity contribution in [2.75, 3.05) is 59.7 Å². The van der Waals surface area contributed by atoms with E-state index in [0.29, 0.717) is 0 Å². The van der Waals surface area contributed by atoms with E-state index in [-0.39, 0.29) is 6.04 Å². The summed E-state index contributed by atoms with van der Waals surface area (Å²) in [4.78, 5) is 6.74. The Labute approximate surface area is 163 Å². The fourth-order valence-corrected chi connectivity index (χ4v) is 3.07. The minimum absolute atomic E-state index is 0.165. The minimum Gasteiger partial charge on any atom is -0.465 e. The summed E-state index contributed by atoms with van der Waals surface area (Å²) in [6.07, 6.45) is 3.27. The summed E-state index contributed by atoms with van der Waals surface area (Å²) in [5.41, 5.74) is 0. The van der Waals surface area contributed by atoms with Crippen molar-refractivity contribution in [2.45, 2.75) is 39.2 Å². The molecule has 154 valence electrons. The second-order valence-corrected chi connectivity index (χ2v) is 6.81. The third-order valence-corrected chi connectivity index (χ3v) is 4.66. The van der Waals surface area contributed by atoms with E-state index in [2.05, 4.69) is 33.5 Å². The van der Waals surface area contributed by atoms with Gasteiger partial charge in [0.25, 0.3) is 0 Å². The van der Waals surface area contributed by atoms with Crippen molar-refractivity contribution in [1.29, 1.82) is 0 Å². The highest BCUT2D eigenvalue weighted by atomic mass is 16.5. The van der Waals surface area contributed by atoms with Crippen LogP contribution in [0.5, 0.6) is 0 Å². The Hall–Kier alpha value is -1.57. The fourth-order valence-electron chi connectivity index (χ4n) is 3.07. The molecule has 1 aromatic heterocycles. The third kappa shape index (κ3) is 7.91. The van der Waals surface area contributed by atoms with Crippen LogP contribution >= 0.6 is 0 Å². The molecule has 0 spiro atoms. The van der Waals surface area contributed by atoms with Crippen LogP contribution in [0.15, 0.2) is 21.5 Å². The summed E-state index contributed by atoms with van der Waals surface area (Å²) in [7, 11) is 1.80. The number of nitrogens with zero attached hydrogens (tertiary/aromatic N) is 2. The quantitative estimate of drug-likeness (QED) is 0.349. The van der Waals surface area contributed by atoms with Gasteiger partial charge in [0.1, 0.15) is 11.5 Å². The molecule has 7 heteroatoms. The number of hydrogen-bond acceptors (Lipinski definition) is 5. The van der Waals surface area contributed by atoms with Gasteiger partial charge in [-0.25, -0.2) is 0 Å². The molecule has 1 saturated heterocycles. The average Bonchev–Trinajstić information content (AvgIpc) is 3.12. The molecule has 1 atom stereocenters. The van der Waals surface area contributed by atoms with Crippen LogP contribution in [-0.2, 0) is 9.47 Å². The van der Waals surface area contributed by atoms with Crippen LogP contribution in [0.3, 0.4) is 0 Å². The van der Waals surface area contributed by atoms with Crippen molar-refractivity contribution < 1.29 is 13.9 Å². The number of aryl methyl sites for hydroxylation is 1. The van der Waals surface area contributed by atoms with E-state index >= 15 is 0 Å². The van der Waals surface area contributed by atoms with Gasteiger partial charge >= 0.3 is 0 Å². The predicted octanol–water partition coefficient (Wildman–Crippen LogP) is 2.33. The van der Waals surface area contributed by atoms with Crippen molar-refractivity contribution in [2.24, 2.45) is 4.99 Å². The van der Waals surface area contributed by atoms with E-state index in [1.54, 1.807) is 7.05 Å². The molecule has 1 aliphatic rings. The summed E-state index contributed by atoms with van der Waals surface area (Å²) in [6, 6.07) is 4.26. The van der Waals surface area contributed by atoms with E-state index in [0.717, 1.165) is 82.9 Å². The highest BCUT2D eigenvalue weighted by molar-refractivity contribution is 5.79. The van der Waals surface area contributed by atoms with Crippen LogP contribution < -0.4 is 10.6 Å². The van der Waals surface area contributed by atoms with Crippen molar-refractivity contribution >= 4 is 5.96 Å². The zero-order valence-corrected chi connectivity index (χ0v) is 17.1. The lowest BCUT2D eigenvalue weighted by atomic mass is 10.1. The second kappa shape index (κ2) is 12.8. The zero-order valence-electron chi connectivity index (χ0n) is 17.1. The van der Waals surface area contributed by atoms with Crippen LogP contribution in [0.2, 0.25) is 0 Å². The molecular formula is C20H36N4O3. The van der Waals surface area contributed by atoms with Gasteiger partial charge in [-0.15, -0.1) is 0 Å². The number of aliphatic imine (C=N–C) groups is 1. The molecule has 2 N–H and O–H groups in total. The zero-order chi connectivity index (χ0) is 19.3. The lowest BCUT2D eigenvalue weighted by Crippen LogP contribution is -2.46. The van der Waals surface area contributed by atoms with Gasteiger partial charge in [-0.1, -0.05) is 13.3 Å². The van der Waals surface area contributed by atoms with Crippen LogP contribution in [0.1, 0.15) is 43.7 Å². The maximum atomic E-state index is 5.91. The molecule has 0 aliphatic carbocycles. The van der Waals surface area contributed by atoms with E-state index in [9.17, 15) is 0 Å². The summed E-state index contributed by atoms with van der Waals surface area (Å²) in [5.74, 6) is 2.74. The number of guanidine groups is 1. The van der Waals surface area contributed by atoms with Gasteiger partial charge in [-0.2, -0.15) is 0 Å². The molecule has 0 bridgehead atoms. The molecule has 0 aromatic carbocycles. The molecule has 0 radical (unpaired) electrons. The van der Waals surface area contributed by atoms with E-state index in [1.165, 1.54) is 6.42 Å². The topological polar surface area (TPSA) is 71.3 Å². The predicted molar refractivity (Wildman–Crippen MR) is 108 cm³/mol. The Bertz CT molecular complexity index is 541. The number of unbranched alkanes of at least 4 members (excludes halogenated alkanes) is 1. The summed E-state index contributed by atoms with van der Waals surface area (Å²) < 4.78 is 17.0. The van der Waals surface area contributed by atoms with Crippen LogP contribution in [0.4, 0.5) is 0 Å². The van der Waals surface area contributed by atoms with Crippen LogP contribution in [0.25, 0.3) is 0 Å². The van der Waals surface area contributed by atoms with Crippen molar-refractivity contribution in [3.8, 4) is 0 Å². The molecular weight excluding hydrogens is 344 g/mol. The molecule has 2 rings (SSSR count). The Kier molecular flexibility index (Phi) is 10.3. The lowest BCUT2D eigenvalue weighted by molar-refractivity contribution is 0.0124. The standard InChI is InChI=1S/C20H36N4O3/c1-4-5-12-25-13-6-9-22-20(21-3)23-16-18(19-8-7-17(2)27-19)24-10-14-26-15-11-24/h7-8,18H,4-6,9-16H2,1-3H3,(H2,21,22,23). The maximum absolute atomic E-state index is 5.91. The van der Waals surface area contributed by atoms with Gasteiger partial charge in [0.05, 0.1) is 19.3 Å². The Morgan fingerprint density at radius 3 is 2.67 bits per heavy atom. The first-order valence-electron chi connectivity index (χ1n) is 10.1. The highest BCUT2D eigenvalue weighted by Gasteiger charge is 2.25. The molecule has 27 heavy (non-hydrogen) atoms. The first kappa shape index (κ1) is 21.7. The number of ether oxygens (including phenoxy) is 2.